The Hall–Kier alpha value is -5.08. The Kier molecular flexibility index (Phi) is 13.2. The highest BCUT2D eigenvalue weighted by atomic mass is 19.1. The molecule has 3 atom stereocenters. The molecule has 0 spiro atoms. The summed E-state index contributed by atoms with van der Waals surface area (Å²) in [6, 6.07) is 6.62. The van der Waals surface area contributed by atoms with E-state index < -0.39 is 35.5 Å². The molecule has 1 aromatic heterocycles. The average molecular weight is 698 g/mol. The molecule has 0 aliphatic carbocycles. The van der Waals surface area contributed by atoms with Gasteiger partial charge >= 0.3 is 0 Å². The van der Waals surface area contributed by atoms with Crippen LogP contribution in [0, 0.1) is 17.6 Å². The molecule has 1 aliphatic rings. The number of benzene rings is 2. The molecule has 0 radical (unpaired) electrons. The zero-order valence-corrected chi connectivity index (χ0v) is 29.1. The monoisotopic (exact) mass is 697 g/mol. The minimum absolute atomic E-state index is 0.00395. The van der Waals surface area contributed by atoms with Crippen molar-refractivity contribution in [3.05, 3.63) is 70.8 Å². The number of hydrogen-bond donors (Lipinski definition) is 3. The lowest BCUT2D eigenvalue weighted by Crippen LogP contribution is -2.51. The Morgan fingerprint density at radius 3 is 2.44 bits per heavy atom. The number of fused-ring (bicyclic) bond motifs is 1. The van der Waals surface area contributed by atoms with Crippen molar-refractivity contribution in [1.29, 1.82) is 0 Å². The van der Waals surface area contributed by atoms with E-state index in [1.54, 1.807) is 20.1 Å². The Morgan fingerprint density at radius 2 is 1.74 bits per heavy atom. The van der Waals surface area contributed by atoms with Crippen molar-refractivity contribution in [2.45, 2.75) is 71.5 Å². The van der Waals surface area contributed by atoms with E-state index in [-0.39, 0.29) is 62.3 Å². The lowest BCUT2D eigenvalue weighted by molar-refractivity contribution is -0.130. The summed E-state index contributed by atoms with van der Waals surface area (Å²) >= 11 is 0. The molecule has 3 N–H and O–H groups in total. The Labute approximate surface area is 290 Å². The number of amides is 4. The van der Waals surface area contributed by atoms with Crippen molar-refractivity contribution in [1.82, 2.24) is 35.6 Å². The third-order valence-corrected chi connectivity index (χ3v) is 8.61. The van der Waals surface area contributed by atoms with Crippen LogP contribution in [0.25, 0.3) is 0 Å². The zero-order chi connectivity index (χ0) is 36.4. The molecule has 50 heavy (non-hydrogen) atoms. The molecule has 15 heteroatoms. The largest absolute Gasteiger partial charge is 0.493 e. The maximum absolute atomic E-state index is 14.5. The highest BCUT2D eigenvalue weighted by Crippen LogP contribution is 2.28. The summed E-state index contributed by atoms with van der Waals surface area (Å²) in [4.78, 5) is 59.2. The van der Waals surface area contributed by atoms with Crippen molar-refractivity contribution in [3.63, 3.8) is 0 Å². The predicted molar refractivity (Wildman–Crippen MR) is 179 cm³/mol. The second-order valence-corrected chi connectivity index (χ2v) is 12.3. The number of rotatable bonds is 7. The van der Waals surface area contributed by atoms with Crippen LogP contribution in [-0.4, -0.2) is 83.2 Å². The fourth-order valence-corrected chi connectivity index (χ4v) is 5.67. The molecule has 2 aromatic carbocycles. The van der Waals surface area contributed by atoms with Crippen LogP contribution in [0.15, 0.2) is 36.4 Å². The summed E-state index contributed by atoms with van der Waals surface area (Å²) in [7, 11) is 3.08. The van der Waals surface area contributed by atoms with Gasteiger partial charge in [0.2, 0.25) is 17.7 Å². The van der Waals surface area contributed by atoms with Crippen LogP contribution in [0.3, 0.4) is 0 Å². The van der Waals surface area contributed by atoms with E-state index in [0.717, 1.165) is 17.7 Å². The normalized spacial score (nSPS) is 18.9. The first kappa shape index (κ1) is 37.7. The second-order valence-electron chi connectivity index (χ2n) is 12.3. The third kappa shape index (κ3) is 9.76. The molecule has 0 bridgehead atoms. The van der Waals surface area contributed by atoms with E-state index in [1.165, 1.54) is 16.7 Å². The molecule has 0 fully saturated rings. The van der Waals surface area contributed by atoms with Gasteiger partial charge in [0.15, 0.2) is 17.3 Å². The minimum atomic E-state index is -0.994. The lowest BCUT2D eigenvalue weighted by atomic mass is 9.97. The molecular weight excluding hydrogens is 652 g/mol. The van der Waals surface area contributed by atoms with E-state index in [9.17, 15) is 28.0 Å². The highest BCUT2D eigenvalue weighted by molar-refractivity contribution is 5.94. The molecule has 3 aromatic rings. The van der Waals surface area contributed by atoms with E-state index in [4.69, 9.17) is 14.5 Å². The van der Waals surface area contributed by atoms with Gasteiger partial charge in [0.1, 0.15) is 30.0 Å². The Balaban J connectivity index is 1.61. The summed E-state index contributed by atoms with van der Waals surface area (Å²) in [6.45, 7) is 5.71. The average Bonchev–Trinajstić information content (AvgIpc) is 3.48. The first-order valence-corrected chi connectivity index (χ1v) is 16.7. The summed E-state index contributed by atoms with van der Waals surface area (Å²) in [5.74, 6) is -2.02. The summed E-state index contributed by atoms with van der Waals surface area (Å²) in [6.07, 6.45) is 1.44. The van der Waals surface area contributed by atoms with Crippen LogP contribution < -0.4 is 25.4 Å². The maximum atomic E-state index is 14.5. The van der Waals surface area contributed by atoms with Crippen LogP contribution >= 0.6 is 0 Å². The fraction of sp³-hybridized carbons (Fsp3) is 0.486. The van der Waals surface area contributed by atoms with Crippen molar-refractivity contribution < 1.29 is 37.4 Å². The summed E-state index contributed by atoms with van der Waals surface area (Å²) < 4.78 is 40.2. The standard InChI is InChI=1S/C35H45F2N7O6/c1-6-21(2)32-34(47)39-22(3)33-40-29(18-23-10-13-27(49-4)28(17-23)50-5)42-44(33)20-31(46)38-14-8-16-43(15-7-9-30(45)41-32)35(48)25-12-11-24(36)19-26(25)37/h10-13,17,19,21-22,32H,6-9,14-16,18,20H2,1-5H3,(H,38,46)(H,39,47)(H,41,45)/t21-,22+,32-/m0/s1. The van der Waals surface area contributed by atoms with E-state index in [1.807, 2.05) is 26.0 Å². The van der Waals surface area contributed by atoms with Gasteiger partial charge in [-0.25, -0.2) is 18.4 Å². The highest BCUT2D eigenvalue weighted by Gasteiger charge is 2.29. The number of carbonyl (C=O) groups excluding carboxylic acids is 4. The van der Waals surface area contributed by atoms with Crippen LogP contribution in [0.2, 0.25) is 0 Å². The number of nitrogens with one attached hydrogen (secondary N) is 3. The fourth-order valence-electron chi connectivity index (χ4n) is 5.67. The van der Waals surface area contributed by atoms with Gasteiger partial charge in [-0.3, -0.25) is 19.2 Å². The number of hydrogen-bond acceptors (Lipinski definition) is 8. The molecule has 13 nitrogen and oxygen atoms in total. The number of carbonyl (C=O) groups is 4. The van der Waals surface area contributed by atoms with Gasteiger partial charge in [0, 0.05) is 38.5 Å². The molecule has 270 valence electrons. The van der Waals surface area contributed by atoms with Crippen molar-refractivity contribution >= 4 is 23.6 Å². The van der Waals surface area contributed by atoms with Crippen LogP contribution in [-0.2, 0) is 27.3 Å². The number of halogens is 2. The van der Waals surface area contributed by atoms with E-state index >= 15 is 0 Å². The molecular formula is C35H45F2N7O6. The SMILES string of the molecule is CC[C@H](C)[C@@H]1NC(=O)CCCN(C(=O)c2ccc(F)cc2F)CCCNC(=O)Cn2nc(Cc3ccc(OC)c(OC)c3)nc2[C@@H](C)NC1=O. The maximum Gasteiger partial charge on any atom is 0.256 e. The summed E-state index contributed by atoms with van der Waals surface area (Å²) in [5, 5.41) is 13.2. The van der Waals surface area contributed by atoms with Crippen molar-refractivity contribution in [3.8, 4) is 11.5 Å². The lowest BCUT2D eigenvalue weighted by Gasteiger charge is -2.26. The smallest absolute Gasteiger partial charge is 0.256 e. The van der Waals surface area contributed by atoms with Gasteiger partial charge < -0.3 is 30.3 Å². The van der Waals surface area contributed by atoms with Crippen LogP contribution in [0.1, 0.15) is 80.1 Å². The van der Waals surface area contributed by atoms with Gasteiger partial charge in [-0.1, -0.05) is 26.3 Å². The molecule has 2 heterocycles. The van der Waals surface area contributed by atoms with Crippen molar-refractivity contribution in [2.24, 2.45) is 5.92 Å². The third-order valence-electron chi connectivity index (χ3n) is 8.61. The molecule has 0 saturated heterocycles. The van der Waals surface area contributed by atoms with Crippen LogP contribution in [0.5, 0.6) is 11.5 Å². The predicted octanol–water partition coefficient (Wildman–Crippen LogP) is 3.31. The topological polar surface area (TPSA) is 157 Å². The molecule has 4 rings (SSSR count). The first-order chi connectivity index (χ1) is 23.9. The van der Waals surface area contributed by atoms with Gasteiger partial charge in [-0.15, -0.1) is 0 Å². The van der Waals surface area contributed by atoms with Gasteiger partial charge in [-0.2, -0.15) is 5.10 Å². The van der Waals surface area contributed by atoms with Crippen molar-refractivity contribution in [2.75, 3.05) is 33.9 Å². The minimum Gasteiger partial charge on any atom is -0.493 e. The number of methoxy groups -OCH3 is 2. The number of ether oxygens (including phenoxy) is 2. The molecule has 1 aliphatic heterocycles. The van der Waals surface area contributed by atoms with E-state index in [0.29, 0.717) is 48.5 Å². The Bertz CT molecular complexity index is 1680. The molecule has 0 unspecified atom stereocenters. The molecule has 4 amide bonds. The first-order valence-electron chi connectivity index (χ1n) is 16.7. The zero-order valence-electron chi connectivity index (χ0n) is 29.1. The number of aromatic nitrogens is 3. The van der Waals surface area contributed by atoms with Crippen LogP contribution in [0.4, 0.5) is 8.78 Å². The van der Waals surface area contributed by atoms with Gasteiger partial charge in [0.25, 0.3) is 5.91 Å². The van der Waals surface area contributed by atoms with E-state index in [2.05, 4.69) is 21.0 Å². The van der Waals surface area contributed by atoms with Gasteiger partial charge in [0.05, 0.1) is 25.8 Å². The van der Waals surface area contributed by atoms with Gasteiger partial charge in [-0.05, 0) is 55.5 Å². The quantitative estimate of drug-likeness (QED) is 0.340. The summed E-state index contributed by atoms with van der Waals surface area (Å²) in [5.41, 5.74) is 0.532. The molecule has 0 saturated carbocycles. The Morgan fingerprint density at radius 1 is 1.00 bits per heavy atom. The second kappa shape index (κ2) is 17.5. The number of nitrogens with zero attached hydrogens (tertiary/aromatic N) is 4.